The number of halogens is 1. The number of fused-ring (bicyclic) bond motifs is 3. The SMILES string of the molecule is O=Cc1ccc2[nH]c3c(N4CCN(c5ccc(Cl)cc5)CC4)ncnc3c2c1. The number of rotatable bonds is 3. The van der Waals surface area contributed by atoms with Crippen molar-refractivity contribution in [2.75, 3.05) is 36.0 Å². The molecule has 0 bridgehead atoms. The molecule has 5 rings (SSSR count). The van der Waals surface area contributed by atoms with Gasteiger partial charge in [0.05, 0.1) is 0 Å². The molecule has 1 aliphatic heterocycles. The van der Waals surface area contributed by atoms with Gasteiger partial charge in [0.1, 0.15) is 23.6 Å². The number of hydrogen-bond donors (Lipinski definition) is 1. The van der Waals surface area contributed by atoms with E-state index < -0.39 is 0 Å². The fourth-order valence-electron chi connectivity index (χ4n) is 3.84. The number of carbonyl (C=O) groups excluding carboxylic acids is 1. The van der Waals surface area contributed by atoms with Crippen molar-refractivity contribution in [1.29, 1.82) is 0 Å². The van der Waals surface area contributed by atoms with Crippen LogP contribution in [0, 0.1) is 0 Å². The van der Waals surface area contributed by atoms with E-state index in [0.717, 1.165) is 65.2 Å². The van der Waals surface area contributed by atoms with Gasteiger partial charge in [-0.1, -0.05) is 11.6 Å². The molecule has 6 nitrogen and oxygen atoms in total. The Morgan fingerprint density at radius 1 is 0.964 bits per heavy atom. The minimum atomic E-state index is 0.644. The first-order valence-electron chi connectivity index (χ1n) is 9.20. The highest BCUT2D eigenvalue weighted by molar-refractivity contribution is 6.30. The number of anilines is 2. The van der Waals surface area contributed by atoms with E-state index in [2.05, 4.69) is 36.9 Å². The van der Waals surface area contributed by atoms with Crippen molar-refractivity contribution in [3.63, 3.8) is 0 Å². The normalized spacial score (nSPS) is 14.8. The maximum absolute atomic E-state index is 11.1. The van der Waals surface area contributed by atoms with E-state index in [-0.39, 0.29) is 0 Å². The van der Waals surface area contributed by atoms with Gasteiger partial charge >= 0.3 is 0 Å². The molecule has 1 saturated heterocycles. The molecule has 4 aromatic rings. The van der Waals surface area contributed by atoms with Crippen LogP contribution in [0.2, 0.25) is 5.02 Å². The summed E-state index contributed by atoms with van der Waals surface area (Å²) in [6.07, 6.45) is 2.46. The maximum Gasteiger partial charge on any atom is 0.156 e. The molecule has 3 heterocycles. The van der Waals surface area contributed by atoms with Crippen LogP contribution in [0.5, 0.6) is 0 Å². The Balaban J connectivity index is 1.45. The Kier molecular flexibility index (Phi) is 4.13. The standard InChI is InChI=1S/C21H18ClN5O/c22-15-2-4-16(5-3-15)26-7-9-27(10-8-26)21-20-19(23-13-24-21)17-11-14(12-28)1-6-18(17)25-20/h1-6,11-13,25H,7-10H2. The molecule has 0 atom stereocenters. The molecule has 1 N–H and O–H groups in total. The van der Waals surface area contributed by atoms with Gasteiger partial charge in [0.15, 0.2) is 5.82 Å². The summed E-state index contributed by atoms with van der Waals surface area (Å²) in [6.45, 7) is 3.54. The predicted octanol–water partition coefficient (Wildman–Crippen LogP) is 3.90. The number of carbonyl (C=O) groups is 1. The van der Waals surface area contributed by atoms with Crippen LogP contribution in [-0.2, 0) is 0 Å². The maximum atomic E-state index is 11.1. The third kappa shape index (κ3) is 2.86. The average Bonchev–Trinajstić information content (AvgIpc) is 3.12. The molecule has 28 heavy (non-hydrogen) atoms. The zero-order valence-electron chi connectivity index (χ0n) is 15.1. The zero-order valence-corrected chi connectivity index (χ0v) is 15.9. The molecular formula is C21H18ClN5O. The number of benzene rings is 2. The fourth-order valence-corrected chi connectivity index (χ4v) is 3.96. The van der Waals surface area contributed by atoms with Gasteiger partial charge < -0.3 is 14.8 Å². The monoisotopic (exact) mass is 391 g/mol. The van der Waals surface area contributed by atoms with Crippen LogP contribution in [0.25, 0.3) is 21.9 Å². The van der Waals surface area contributed by atoms with Gasteiger partial charge in [0, 0.05) is 53.4 Å². The lowest BCUT2D eigenvalue weighted by molar-refractivity contribution is 0.112. The molecule has 0 aliphatic carbocycles. The van der Waals surface area contributed by atoms with E-state index in [9.17, 15) is 4.79 Å². The Morgan fingerprint density at radius 3 is 2.46 bits per heavy atom. The molecular weight excluding hydrogens is 374 g/mol. The van der Waals surface area contributed by atoms with Crippen LogP contribution in [-0.4, -0.2) is 47.4 Å². The minimum absolute atomic E-state index is 0.644. The molecule has 2 aromatic carbocycles. The van der Waals surface area contributed by atoms with Gasteiger partial charge in [-0.05, 0) is 42.5 Å². The lowest BCUT2D eigenvalue weighted by atomic mass is 10.1. The fraction of sp³-hybridized carbons (Fsp3) is 0.190. The topological polar surface area (TPSA) is 65.1 Å². The molecule has 0 amide bonds. The first kappa shape index (κ1) is 17.0. The third-order valence-electron chi connectivity index (χ3n) is 5.29. The molecule has 140 valence electrons. The summed E-state index contributed by atoms with van der Waals surface area (Å²) in [5.41, 5.74) is 4.56. The Hall–Kier alpha value is -3.12. The Labute approximate surface area is 166 Å². The summed E-state index contributed by atoms with van der Waals surface area (Å²) in [7, 11) is 0. The van der Waals surface area contributed by atoms with E-state index in [0.29, 0.717) is 5.56 Å². The molecule has 0 spiro atoms. The minimum Gasteiger partial charge on any atom is -0.368 e. The highest BCUT2D eigenvalue weighted by Gasteiger charge is 2.21. The van der Waals surface area contributed by atoms with Crippen molar-refractivity contribution in [3.8, 4) is 0 Å². The summed E-state index contributed by atoms with van der Waals surface area (Å²) in [5, 5.41) is 1.70. The van der Waals surface area contributed by atoms with Crippen LogP contribution in [0.3, 0.4) is 0 Å². The third-order valence-corrected chi connectivity index (χ3v) is 5.54. The largest absolute Gasteiger partial charge is 0.368 e. The molecule has 7 heteroatoms. The van der Waals surface area contributed by atoms with E-state index in [1.54, 1.807) is 6.33 Å². The number of nitrogens with one attached hydrogen (secondary N) is 1. The van der Waals surface area contributed by atoms with Gasteiger partial charge in [-0.25, -0.2) is 9.97 Å². The molecule has 0 unspecified atom stereocenters. The Morgan fingerprint density at radius 2 is 1.71 bits per heavy atom. The lowest BCUT2D eigenvalue weighted by Gasteiger charge is -2.36. The summed E-state index contributed by atoms with van der Waals surface area (Å²) in [6, 6.07) is 13.6. The molecule has 0 saturated carbocycles. The summed E-state index contributed by atoms with van der Waals surface area (Å²) < 4.78 is 0. The van der Waals surface area contributed by atoms with Crippen molar-refractivity contribution in [3.05, 3.63) is 59.4 Å². The first-order valence-corrected chi connectivity index (χ1v) is 9.58. The van der Waals surface area contributed by atoms with Gasteiger partial charge in [0.25, 0.3) is 0 Å². The number of aldehydes is 1. The van der Waals surface area contributed by atoms with Gasteiger partial charge in [-0.3, -0.25) is 4.79 Å². The van der Waals surface area contributed by atoms with E-state index in [4.69, 9.17) is 11.6 Å². The van der Waals surface area contributed by atoms with Gasteiger partial charge in [0.2, 0.25) is 0 Å². The zero-order chi connectivity index (χ0) is 19.1. The van der Waals surface area contributed by atoms with Crippen LogP contribution < -0.4 is 9.80 Å². The molecule has 0 radical (unpaired) electrons. The highest BCUT2D eigenvalue weighted by Crippen LogP contribution is 2.30. The summed E-state index contributed by atoms with van der Waals surface area (Å²) in [5.74, 6) is 0.907. The number of nitrogens with zero attached hydrogens (tertiary/aromatic N) is 4. The second kappa shape index (κ2) is 6.80. The predicted molar refractivity (Wildman–Crippen MR) is 113 cm³/mol. The smallest absolute Gasteiger partial charge is 0.156 e. The summed E-state index contributed by atoms with van der Waals surface area (Å²) >= 11 is 6.00. The number of piperazine rings is 1. The van der Waals surface area contributed by atoms with Crippen molar-refractivity contribution in [2.24, 2.45) is 0 Å². The number of H-pyrrole nitrogens is 1. The van der Waals surface area contributed by atoms with Crippen LogP contribution >= 0.6 is 11.6 Å². The quantitative estimate of drug-likeness (QED) is 0.536. The molecule has 2 aromatic heterocycles. The van der Waals surface area contributed by atoms with Crippen molar-refractivity contribution in [2.45, 2.75) is 0 Å². The summed E-state index contributed by atoms with van der Waals surface area (Å²) in [4.78, 5) is 28.2. The lowest BCUT2D eigenvalue weighted by Crippen LogP contribution is -2.46. The first-order chi connectivity index (χ1) is 13.7. The van der Waals surface area contributed by atoms with E-state index >= 15 is 0 Å². The van der Waals surface area contributed by atoms with Gasteiger partial charge in [-0.2, -0.15) is 0 Å². The number of aromatic amines is 1. The average molecular weight is 392 g/mol. The van der Waals surface area contributed by atoms with E-state index in [1.807, 2.05) is 30.3 Å². The molecule has 1 aliphatic rings. The van der Waals surface area contributed by atoms with Crippen molar-refractivity contribution < 1.29 is 4.79 Å². The number of hydrogen-bond acceptors (Lipinski definition) is 5. The van der Waals surface area contributed by atoms with Crippen molar-refractivity contribution >= 4 is 51.3 Å². The second-order valence-corrected chi connectivity index (χ2v) is 7.36. The van der Waals surface area contributed by atoms with Crippen LogP contribution in [0.4, 0.5) is 11.5 Å². The second-order valence-electron chi connectivity index (χ2n) is 6.92. The highest BCUT2D eigenvalue weighted by atomic mass is 35.5. The Bertz CT molecular complexity index is 1160. The van der Waals surface area contributed by atoms with Crippen molar-refractivity contribution in [1.82, 2.24) is 15.0 Å². The van der Waals surface area contributed by atoms with E-state index in [1.165, 1.54) is 5.69 Å². The van der Waals surface area contributed by atoms with Gasteiger partial charge in [-0.15, -0.1) is 0 Å². The number of aromatic nitrogens is 3. The van der Waals surface area contributed by atoms with Crippen LogP contribution in [0.15, 0.2) is 48.8 Å². The molecule has 1 fully saturated rings. The van der Waals surface area contributed by atoms with Crippen LogP contribution in [0.1, 0.15) is 10.4 Å².